The Morgan fingerprint density at radius 2 is 1.85 bits per heavy atom. The highest BCUT2D eigenvalue weighted by atomic mass is 32.2. The van der Waals surface area contributed by atoms with Gasteiger partial charge in [-0.3, -0.25) is 4.79 Å². The number of rotatable bonds is 6. The van der Waals surface area contributed by atoms with E-state index in [0.717, 1.165) is 11.8 Å². The molecule has 0 aromatic carbocycles. The molecule has 1 unspecified atom stereocenters. The van der Waals surface area contributed by atoms with Gasteiger partial charge in [-0.25, -0.2) is 0 Å². The molecule has 0 spiro atoms. The predicted octanol–water partition coefficient (Wildman–Crippen LogP) is -2.43. The van der Waals surface area contributed by atoms with Crippen LogP contribution in [0.15, 0.2) is 0 Å². The third kappa shape index (κ3) is 4.51. The van der Waals surface area contributed by atoms with Crippen LogP contribution in [-0.4, -0.2) is 28.7 Å². The standard InChI is InChI=1S/C7H10O5S/c1-2-13-4(3-5(8)9)6(10)7(11)12/h4H,2-3H2,1H3,(H,8,9)(H,11,12)/p-2. The number of carbonyl (C=O) groups excluding carboxylic acids is 3. The Bertz CT molecular complexity index is 225. The molecule has 0 aliphatic rings. The molecule has 0 saturated heterocycles. The summed E-state index contributed by atoms with van der Waals surface area (Å²) in [5.41, 5.74) is 0. The number of hydrogen-bond donors (Lipinski definition) is 0. The Balaban J connectivity index is 4.31. The Morgan fingerprint density at radius 1 is 1.31 bits per heavy atom. The minimum absolute atomic E-state index is 0.455. The van der Waals surface area contributed by atoms with Crippen LogP contribution in [0.25, 0.3) is 0 Å². The van der Waals surface area contributed by atoms with E-state index in [9.17, 15) is 24.6 Å². The fourth-order valence-corrected chi connectivity index (χ4v) is 1.62. The molecule has 5 nitrogen and oxygen atoms in total. The van der Waals surface area contributed by atoms with Crippen LogP contribution in [0.4, 0.5) is 0 Å². The molecule has 0 bridgehead atoms. The van der Waals surface area contributed by atoms with E-state index in [1.54, 1.807) is 6.92 Å². The van der Waals surface area contributed by atoms with Crippen molar-refractivity contribution in [2.24, 2.45) is 0 Å². The molecule has 0 saturated carbocycles. The molecule has 13 heavy (non-hydrogen) atoms. The van der Waals surface area contributed by atoms with Gasteiger partial charge < -0.3 is 19.8 Å². The Hall–Kier alpha value is -1.04. The van der Waals surface area contributed by atoms with Gasteiger partial charge in [0, 0.05) is 12.4 Å². The summed E-state index contributed by atoms with van der Waals surface area (Å²) in [6, 6.07) is 0. The van der Waals surface area contributed by atoms with E-state index >= 15 is 0 Å². The van der Waals surface area contributed by atoms with Gasteiger partial charge in [-0.15, -0.1) is 0 Å². The van der Waals surface area contributed by atoms with Crippen LogP contribution in [0.2, 0.25) is 0 Å². The second-order valence-corrected chi connectivity index (χ2v) is 3.65. The largest absolute Gasteiger partial charge is 0.550 e. The molecule has 6 heteroatoms. The highest BCUT2D eigenvalue weighted by Crippen LogP contribution is 2.14. The molecule has 0 amide bonds. The van der Waals surface area contributed by atoms with Crippen LogP contribution < -0.4 is 10.2 Å². The number of thioether (sulfide) groups is 1. The third-order valence-corrected chi connectivity index (χ3v) is 2.33. The Morgan fingerprint density at radius 3 is 2.15 bits per heavy atom. The maximum absolute atomic E-state index is 10.8. The lowest BCUT2D eigenvalue weighted by atomic mass is 10.2. The molecule has 1 atom stereocenters. The molecular formula is C7H8O5S-2. The van der Waals surface area contributed by atoms with Crippen LogP contribution in [0, 0.1) is 0 Å². The number of ketones is 1. The topological polar surface area (TPSA) is 97.3 Å². The van der Waals surface area contributed by atoms with E-state index < -0.39 is 29.4 Å². The SMILES string of the molecule is CCSC(CC(=O)[O-])C(=O)C(=O)[O-]. The first-order valence-corrected chi connectivity index (χ1v) is 4.60. The van der Waals surface area contributed by atoms with Crippen LogP contribution in [0.1, 0.15) is 13.3 Å². The van der Waals surface area contributed by atoms with E-state index in [-0.39, 0.29) is 0 Å². The van der Waals surface area contributed by atoms with E-state index in [0.29, 0.717) is 5.75 Å². The minimum Gasteiger partial charge on any atom is -0.550 e. The summed E-state index contributed by atoms with van der Waals surface area (Å²) < 4.78 is 0. The molecular weight excluding hydrogens is 196 g/mol. The number of carboxylic acid groups (broad SMARTS) is 2. The summed E-state index contributed by atoms with van der Waals surface area (Å²) >= 11 is 0.950. The first kappa shape index (κ1) is 12.0. The molecule has 0 heterocycles. The van der Waals surface area contributed by atoms with E-state index in [2.05, 4.69) is 0 Å². The van der Waals surface area contributed by atoms with Crippen molar-refractivity contribution < 1.29 is 24.6 Å². The van der Waals surface area contributed by atoms with Crippen molar-refractivity contribution >= 4 is 29.5 Å². The zero-order chi connectivity index (χ0) is 10.4. The van der Waals surface area contributed by atoms with Gasteiger partial charge in [0.2, 0.25) is 0 Å². The van der Waals surface area contributed by atoms with Gasteiger partial charge in [-0.2, -0.15) is 11.8 Å². The Kier molecular flexibility index (Phi) is 5.13. The van der Waals surface area contributed by atoms with Crippen LogP contribution in [0.3, 0.4) is 0 Å². The summed E-state index contributed by atoms with van der Waals surface area (Å²) in [7, 11) is 0. The lowest BCUT2D eigenvalue weighted by molar-refractivity contribution is -0.305. The van der Waals surface area contributed by atoms with Crippen molar-refractivity contribution in [2.45, 2.75) is 18.6 Å². The zero-order valence-corrected chi connectivity index (χ0v) is 7.76. The molecule has 0 aromatic rings. The summed E-state index contributed by atoms with van der Waals surface area (Å²) in [4.78, 5) is 31.0. The van der Waals surface area contributed by atoms with Gasteiger partial charge in [0.1, 0.15) is 5.97 Å². The van der Waals surface area contributed by atoms with Gasteiger partial charge in [0.15, 0.2) is 5.78 Å². The fraction of sp³-hybridized carbons (Fsp3) is 0.571. The van der Waals surface area contributed by atoms with Crippen molar-refractivity contribution in [3.05, 3.63) is 0 Å². The summed E-state index contributed by atoms with van der Waals surface area (Å²) in [6.07, 6.45) is -0.592. The van der Waals surface area contributed by atoms with Crippen molar-refractivity contribution in [1.82, 2.24) is 0 Å². The maximum Gasteiger partial charge on any atom is 0.191 e. The zero-order valence-electron chi connectivity index (χ0n) is 6.94. The molecule has 0 rings (SSSR count). The minimum atomic E-state index is -1.85. The molecule has 0 aromatic heterocycles. The number of carboxylic acids is 2. The van der Waals surface area contributed by atoms with E-state index in [1.807, 2.05) is 0 Å². The highest BCUT2D eigenvalue weighted by molar-refractivity contribution is 8.00. The van der Waals surface area contributed by atoms with Crippen LogP contribution in [0.5, 0.6) is 0 Å². The lowest BCUT2D eigenvalue weighted by Crippen LogP contribution is -2.40. The van der Waals surface area contributed by atoms with E-state index in [1.165, 1.54) is 0 Å². The summed E-state index contributed by atoms with van der Waals surface area (Å²) in [6.45, 7) is 1.69. The highest BCUT2D eigenvalue weighted by Gasteiger charge is 2.19. The first-order valence-electron chi connectivity index (χ1n) is 3.55. The molecule has 0 aliphatic carbocycles. The molecule has 0 fully saturated rings. The van der Waals surface area contributed by atoms with Crippen molar-refractivity contribution in [1.29, 1.82) is 0 Å². The fourth-order valence-electron chi connectivity index (χ4n) is 0.711. The maximum atomic E-state index is 10.8. The van der Waals surface area contributed by atoms with Crippen molar-refractivity contribution in [2.75, 3.05) is 5.75 Å². The molecule has 0 aliphatic heterocycles. The number of Topliss-reactive ketones (excluding diaryl/α,β-unsaturated/α-hetero) is 1. The van der Waals surface area contributed by atoms with Crippen molar-refractivity contribution in [3.63, 3.8) is 0 Å². The third-order valence-electron chi connectivity index (χ3n) is 1.21. The lowest BCUT2D eigenvalue weighted by Gasteiger charge is -2.14. The second kappa shape index (κ2) is 5.58. The summed E-state index contributed by atoms with van der Waals surface area (Å²) in [5, 5.41) is 19.1. The van der Waals surface area contributed by atoms with Gasteiger partial charge in [0.05, 0.1) is 5.25 Å². The Labute approximate surface area is 79.1 Å². The van der Waals surface area contributed by atoms with Crippen LogP contribution in [-0.2, 0) is 14.4 Å². The molecule has 0 N–H and O–H groups in total. The molecule has 74 valence electrons. The predicted molar refractivity (Wildman–Crippen MR) is 41.6 cm³/mol. The molecule has 0 radical (unpaired) electrons. The van der Waals surface area contributed by atoms with Gasteiger partial charge in [0.25, 0.3) is 0 Å². The van der Waals surface area contributed by atoms with Crippen molar-refractivity contribution in [3.8, 4) is 0 Å². The van der Waals surface area contributed by atoms with Crippen LogP contribution >= 0.6 is 11.8 Å². The average Bonchev–Trinajstić information content (AvgIpc) is 2.01. The smallest absolute Gasteiger partial charge is 0.191 e. The monoisotopic (exact) mass is 204 g/mol. The first-order chi connectivity index (χ1) is 5.99. The number of aliphatic carboxylic acids is 2. The normalized spacial score (nSPS) is 12.1. The summed E-state index contributed by atoms with van der Waals surface area (Å²) in [5.74, 6) is -4.04. The second-order valence-electron chi connectivity index (χ2n) is 2.17. The average molecular weight is 204 g/mol. The van der Waals surface area contributed by atoms with E-state index in [4.69, 9.17) is 0 Å². The van der Waals surface area contributed by atoms with Gasteiger partial charge in [-0.05, 0) is 5.75 Å². The number of hydrogen-bond acceptors (Lipinski definition) is 6. The number of carbonyl (C=O) groups is 3. The van der Waals surface area contributed by atoms with Gasteiger partial charge >= 0.3 is 0 Å². The van der Waals surface area contributed by atoms with Gasteiger partial charge in [-0.1, -0.05) is 6.92 Å². The quantitative estimate of drug-likeness (QED) is 0.446.